The monoisotopic (exact) mass is 439 g/mol. The summed E-state index contributed by atoms with van der Waals surface area (Å²) in [6.45, 7) is 6.50. The van der Waals surface area contributed by atoms with Crippen molar-refractivity contribution in [3.63, 3.8) is 0 Å². The second-order valence-corrected chi connectivity index (χ2v) is 7.77. The Morgan fingerprint density at radius 1 is 1.14 bits per heavy atom. The zero-order valence-electron chi connectivity index (χ0n) is 16.2. The number of halogens is 3. The number of benzene rings is 2. The SMILES string of the molecule is CC(Oc1ccc(Cl)cc1Cl)C(=O)NCCN1CCN(c2ccc(F)cc2)CC1. The van der Waals surface area contributed by atoms with Crippen LogP contribution >= 0.6 is 23.2 Å². The quantitative estimate of drug-likeness (QED) is 0.711. The van der Waals surface area contributed by atoms with Crippen LogP contribution in [0.25, 0.3) is 0 Å². The summed E-state index contributed by atoms with van der Waals surface area (Å²) in [5.41, 5.74) is 1.03. The average Bonchev–Trinajstić information content (AvgIpc) is 2.71. The van der Waals surface area contributed by atoms with Gasteiger partial charge in [0.05, 0.1) is 5.02 Å². The Balaban J connectivity index is 1.37. The highest BCUT2D eigenvalue weighted by Crippen LogP contribution is 2.28. The number of piperazine rings is 1. The average molecular weight is 440 g/mol. The van der Waals surface area contributed by atoms with Crippen molar-refractivity contribution < 1.29 is 13.9 Å². The Kier molecular flexibility index (Phi) is 7.58. The first-order valence-corrected chi connectivity index (χ1v) is 10.3. The van der Waals surface area contributed by atoms with Gasteiger partial charge in [0.1, 0.15) is 11.6 Å². The van der Waals surface area contributed by atoms with Crippen molar-refractivity contribution in [2.24, 2.45) is 0 Å². The van der Waals surface area contributed by atoms with E-state index in [2.05, 4.69) is 15.1 Å². The van der Waals surface area contributed by atoms with Gasteiger partial charge in [0.25, 0.3) is 5.91 Å². The summed E-state index contributed by atoms with van der Waals surface area (Å²) in [7, 11) is 0. The third kappa shape index (κ3) is 6.23. The Morgan fingerprint density at radius 3 is 2.48 bits per heavy atom. The fourth-order valence-corrected chi connectivity index (χ4v) is 3.63. The molecule has 0 bridgehead atoms. The summed E-state index contributed by atoms with van der Waals surface area (Å²) in [5, 5.41) is 3.78. The number of carbonyl (C=O) groups excluding carboxylic acids is 1. The maximum Gasteiger partial charge on any atom is 0.260 e. The predicted molar refractivity (Wildman–Crippen MR) is 115 cm³/mol. The summed E-state index contributed by atoms with van der Waals surface area (Å²) >= 11 is 11.9. The topological polar surface area (TPSA) is 44.8 Å². The highest BCUT2D eigenvalue weighted by molar-refractivity contribution is 6.35. The zero-order chi connectivity index (χ0) is 20.8. The number of carbonyl (C=O) groups is 1. The molecule has 8 heteroatoms. The summed E-state index contributed by atoms with van der Waals surface area (Å²) in [5.74, 6) is 0.0104. The van der Waals surface area contributed by atoms with Crippen LogP contribution in [0.2, 0.25) is 10.0 Å². The van der Waals surface area contributed by atoms with E-state index in [4.69, 9.17) is 27.9 Å². The fourth-order valence-electron chi connectivity index (χ4n) is 3.18. The van der Waals surface area contributed by atoms with Gasteiger partial charge < -0.3 is 15.0 Å². The summed E-state index contributed by atoms with van der Waals surface area (Å²) < 4.78 is 18.7. The molecule has 1 aliphatic rings. The minimum atomic E-state index is -0.663. The number of rotatable bonds is 7. The van der Waals surface area contributed by atoms with Gasteiger partial charge in [-0.15, -0.1) is 0 Å². The normalized spacial score (nSPS) is 15.8. The van der Waals surface area contributed by atoms with E-state index >= 15 is 0 Å². The zero-order valence-corrected chi connectivity index (χ0v) is 17.7. The molecular weight excluding hydrogens is 416 g/mol. The van der Waals surface area contributed by atoms with Crippen molar-refractivity contribution in [2.75, 3.05) is 44.2 Å². The Bertz CT molecular complexity index is 827. The molecule has 1 N–H and O–H groups in total. The van der Waals surface area contributed by atoms with Gasteiger partial charge in [-0.2, -0.15) is 0 Å². The first kappa shape index (κ1) is 21.7. The molecule has 1 aliphatic heterocycles. The fraction of sp³-hybridized carbons (Fsp3) is 0.381. The minimum absolute atomic E-state index is 0.194. The Labute approximate surface area is 180 Å². The van der Waals surface area contributed by atoms with Crippen molar-refractivity contribution in [3.8, 4) is 5.75 Å². The molecule has 0 aliphatic carbocycles. The highest BCUT2D eigenvalue weighted by Gasteiger charge is 2.19. The molecule has 1 heterocycles. The van der Waals surface area contributed by atoms with E-state index in [0.29, 0.717) is 22.3 Å². The molecule has 2 aromatic carbocycles. The first-order chi connectivity index (χ1) is 13.9. The van der Waals surface area contributed by atoms with Gasteiger partial charge in [-0.3, -0.25) is 9.69 Å². The lowest BCUT2D eigenvalue weighted by Gasteiger charge is -2.36. The number of hydrogen-bond acceptors (Lipinski definition) is 4. The van der Waals surface area contributed by atoms with Crippen LogP contribution in [0.5, 0.6) is 5.75 Å². The van der Waals surface area contributed by atoms with Crippen LogP contribution < -0.4 is 15.0 Å². The van der Waals surface area contributed by atoms with Gasteiger partial charge in [-0.1, -0.05) is 23.2 Å². The summed E-state index contributed by atoms with van der Waals surface area (Å²) in [4.78, 5) is 16.8. The largest absolute Gasteiger partial charge is 0.479 e. The van der Waals surface area contributed by atoms with E-state index in [1.54, 1.807) is 37.3 Å². The summed E-state index contributed by atoms with van der Waals surface area (Å²) in [6.07, 6.45) is -0.663. The van der Waals surface area contributed by atoms with E-state index in [0.717, 1.165) is 38.4 Å². The van der Waals surface area contributed by atoms with E-state index in [-0.39, 0.29) is 11.7 Å². The smallest absolute Gasteiger partial charge is 0.260 e. The maximum absolute atomic E-state index is 13.1. The van der Waals surface area contributed by atoms with E-state index in [1.807, 2.05) is 0 Å². The van der Waals surface area contributed by atoms with Crippen molar-refractivity contribution in [1.29, 1.82) is 0 Å². The predicted octanol–water partition coefficient (Wildman–Crippen LogP) is 3.84. The molecule has 1 amide bonds. The van der Waals surface area contributed by atoms with E-state index in [1.165, 1.54) is 12.1 Å². The minimum Gasteiger partial charge on any atom is -0.479 e. The van der Waals surface area contributed by atoms with Crippen LogP contribution in [0, 0.1) is 5.82 Å². The maximum atomic E-state index is 13.1. The molecule has 0 saturated carbocycles. The molecule has 29 heavy (non-hydrogen) atoms. The van der Waals surface area contributed by atoms with Gasteiger partial charge in [0, 0.05) is 50.0 Å². The van der Waals surface area contributed by atoms with Crippen molar-refractivity contribution >= 4 is 34.8 Å². The molecule has 0 radical (unpaired) electrons. The van der Waals surface area contributed by atoms with Crippen molar-refractivity contribution in [3.05, 3.63) is 58.3 Å². The molecule has 3 rings (SSSR count). The van der Waals surface area contributed by atoms with Crippen molar-refractivity contribution in [1.82, 2.24) is 10.2 Å². The van der Waals surface area contributed by atoms with Gasteiger partial charge in [0.2, 0.25) is 0 Å². The van der Waals surface area contributed by atoms with Crippen molar-refractivity contribution in [2.45, 2.75) is 13.0 Å². The number of anilines is 1. The molecule has 5 nitrogen and oxygen atoms in total. The molecule has 1 atom stereocenters. The summed E-state index contributed by atoms with van der Waals surface area (Å²) in [6, 6.07) is 11.5. The standard InChI is InChI=1S/C21H24Cl2FN3O2/c1-15(29-20-7-2-16(22)14-19(20)23)21(28)25-8-9-26-10-12-27(13-11-26)18-5-3-17(24)4-6-18/h2-7,14-15H,8-13H2,1H3,(H,25,28). The highest BCUT2D eigenvalue weighted by atomic mass is 35.5. The third-order valence-electron chi connectivity index (χ3n) is 4.86. The number of nitrogens with zero attached hydrogens (tertiary/aromatic N) is 2. The number of hydrogen-bond donors (Lipinski definition) is 1. The van der Waals surface area contributed by atoms with Gasteiger partial charge >= 0.3 is 0 Å². The van der Waals surface area contributed by atoms with Crippen LogP contribution in [0.3, 0.4) is 0 Å². The Morgan fingerprint density at radius 2 is 1.83 bits per heavy atom. The molecule has 2 aromatic rings. The molecule has 1 unspecified atom stereocenters. The second-order valence-electron chi connectivity index (χ2n) is 6.93. The molecular formula is C21H24Cl2FN3O2. The lowest BCUT2D eigenvalue weighted by Crippen LogP contribution is -2.49. The molecule has 1 fully saturated rings. The van der Waals surface area contributed by atoms with Gasteiger partial charge in [-0.25, -0.2) is 4.39 Å². The first-order valence-electron chi connectivity index (χ1n) is 9.54. The number of ether oxygens (including phenoxy) is 1. The number of nitrogens with one attached hydrogen (secondary N) is 1. The molecule has 0 aromatic heterocycles. The lowest BCUT2D eigenvalue weighted by molar-refractivity contribution is -0.127. The van der Waals surface area contributed by atoms with Crippen LogP contribution in [-0.2, 0) is 4.79 Å². The van der Waals surface area contributed by atoms with Gasteiger partial charge in [-0.05, 0) is 49.4 Å². The van der Waals surface area contributed by atoms with Crippen LogP contribution in [-0.4, -0.2) is 56.2 Å². The van der Waals surface area contributed by atoms with Gasteiger partial charge in [0.15, 0.2) is 6.10 Å². The Hall–Kier alpha value is -2.02. The van der Waals surface area contributed by atoms with E-state index < -0.39 is 6.10 Å². The van der Waals surface area contributed by atoms with Crippen LogP contribution in [0.15, 0.2) is 42.5 Å². The lowest BCUT2D eigenvalue weighted by atomic mass is 10.2. The third-order valence-corrected chi connectivity index (χ3v) is 5.39. The number of amides is 1. The molecule has 156 valence electrons. The van der Waals surface area contributed by atoms with Crippen LogP contribution in [0.1, 0.15) is 6.92 Å². The molecule has 1 saturated heterocycles. The van der Waals surface area contributed by atoms with E-state index in [9.17, 15) is 9.18 Å². The van der Waals surface area contributed by atoms with Crippen LogP contribution in [0.4, 0.5) is 10.1 Å². The molecule has 0 spiro atoms. The second kappa shape index (κ2) is 10.1.